The molecule has 0 spiro atoms. The summed E-state index contributed by atoms with van der Waals surface area (Å²) < 4.78 is 0. The minimum absolute atomic E-state index is 0.362. The number of rotatable bonds is 0. The molecule has 0 radical (unpaired) electrons. The van der Waals surface area contributed by atoms with Gasteiger partial charge in [-0.1, -0.05) is 6.42 Å². The summed E-state index contributed by atoms with van der Waals surface area (Å²) in [7, 11) is 0. The van der Waals surface area contributed by atoms with E-state index < -0.39 is 0 Å². The number of aliphatic hydroxyl groups is 1. The van der Waals surface area contributed by atoms with E-state index in [1.807, 2.05) is 11.8 Å². The van der Waals surface area contributed by atoms with E-state index in [1.54, 1.807) is 11.8 Å². The van der Waals surface area contributed by atoms with Crippen LogP contribution >= 0.6 is 23.5 Å². The second-order valence-electron chi connectivity index (χ2n) is 3.65. The van der Waals surface area contributed by atoms with Crippen LogP contribution in [0.15, 0.2) is 0 Å². The molecule has 3 heteroatoms. The summed E-state index contributed by atoms with van der Waals surface area (Å²) >= 11 is 3.80. The number of fused-ring (bicyclic) bond motifs is 1. The maximum Gasteiger partial charge on any atom is 0.122 e. The summed E-state index contributed by atoms with van der Waals surface area (Å²) in [6.45, 7) is 0. The molecule has 0 amide bonds. The smallest absolute Gasteiger partial charge is 0.122 e. The molecule has 0 aromatic heterocycles. The van der Waals surface area contributed by atoms with Gasteiger partial charge in [-0.2, -0.15) is 11.8 Å². The van der Waals surface area contributed by atoms with Crippen LogP contribution in [0.5, 0.6) is 0 Å². The first-order chi connectivity index (χ1) is 5.81. The van der Waals surface area contributed by atoms with Crippen molar-refractivity contribution in [2.45, 2.75) is 42.3 Å². The molecule has 2 unspecified atom stereocenters. The van der Waals surface area contributed by atoms with Crippen LogP contribution in [0.1, 0.15) is 32.1 Å². The van der Waals surface area contributed by atoms with Crippen molar-refractivity contribution in [2.75, 3.05) is 11.5 Å². The molecule has 1 heterocycles. The zero-order chi connectivity index (χ0) is 8.44. The second kappa shape index (κ2) is 3.81. The van der Waals surface area contributed by atoms with Gasteiger partial charge in [-0.25, -0.2) is 0 Å². The fraction of sp³-hybridized carbons (Fsp3) is 1.00. The monoisotopic (exact) mass is 204 g/mol. The maximum absolute atomic E-state index is 10.3. The Hall–Kier alpha value is 0.660. The van der Waals surface area contributed by atoms with Gasteiger partial charge in [0, 0.05) is 5.25 Å². The summed E-state index contributed by atoms with van der Waals surface area (Å²) in [5, 5.41) is 10.8. The lowest BCUT2D eigenvalue weighted by molar-refractivity contribution is 0.102. The third kappa shape index (κ3) is 1.78. The summed E-state index contributed by atoms with van der Waals surface area (Å²) in [5.74, 6) is 2.40. The first-order valence-electron chi connectivity index (χ1n) is 4.79. The fourth-order valence-electron chi connectivity index (χ4n) is 2.01. The Bertz CT molecular complexity index is 163. The normalized spacial score (nSPS) is 43.2. The third-order valence-electron chi connectivity index (χ3n) is 2.71. The Kier molecular flexibility index (Phi) is 2.93. The highest BCUT2D eigenvalue weighted by Crippen LogP contribution is 2.46. The number of hydrogen-bond acceptors (Lipinski definition) is 3. The van der Waals surface area contributed by atoms with Crippen molar-refractivity contribution in [1.82, 2.24) is 0 Å². The molecule has 1 aliphatic heterocycles. The number of thioether (sulfide) groups is 2. The molecule has 2 fully saturated rings. The van der Waals surface area contributed by atoms with Gasteiger partial charge in [0.05, 0.1) is 0 Å². The zero-order valence-corrected chi connectivity index (χ0v) is 8.92. The van der Waals surface area contributed by atoms with Crippen LogP contribution in [0.2, 0.25) is 0 Å². The van der Waals surface area contributed by atoms with Gasteiger partial charge in [-0.05, 0) is 37.2 Å². The van der Waals surface area contributed by atoms with Gasteiger partial charge in [0.2, 0.25) is 0 Å². The van der Waals surface area contributed by atoms with Crippen molar-refractivity contribution in [3.05, 3.63) is 0 Å². The largest absolute Gasteiger partial charge is 0.378 e. The quantitative estimate of drug-likeness (QED) is 0.654. The lowest BCUT2D eigenvalue weighted by atomic mass is 9.96. The highest BCUT2D eigenvalue weighted by Gasteiger charge is 2.40. The molecule has 1 saturated heterocycles. The van der Waals surface area contributed by atoms with Crippen LogP contribution in [0.3, 0.4) is 0 Å². The number of hydrogen-bond donors (Lipinski definition) is 1. The molecule has 2 aliphatic rings. The fourth-order valence-corrected chi connectivity index (χ4v) is 5.14. The van der Waals surface area contributed by atoms with Crippen molar-refractivity contribution < 1.29 is 5.11 Å². The predicted molar refractivity (Wildman–Crippen MR) is 56.7 cm³/mol. The van der Waals surface area contributed by atoms with Crippen LogP contribution in [-0.2, 0) is 0 Å². The Morgan fingerprint density at radius 1 is 1.17 bits per heavy atom. The van der Waals surface area contributed by atoms with Gasteiger partial charge < -0.3 is 5.11 Å². The van der Waals surface area contributed by atoms with E-state index in [1.165, 1.54) is 31.4 Å². The molecule has 1 saturated carbocycles. The standard InChI is InChI=1S/C9H16OS2/c10-9-5-2-1-4-8(9)11-6-3-7-12-9/h8,10H,1-7H2. The molecule has 2 atom stereocenters. The van der Waals surface area contributed by atoms with Gasteiger partial charge in [0.25, 0.3) is 0 Å². The van der Waals surface area contributed by atoms with Crippen LogP contribution in [0.25, 0.3) is 0 Å². The van der Waals surface area contributed by atoms with Crippen LogP contribution in [0, 0.1) is 0 Å². The van der Waals surface area contributed by atoms with E-state index in [2.05, 4.69) is 0 Å². The Labute approximate surface area is 82.7 Å². The molecule has 0 aromatic rings. The first-order valence-corrected chi connectivity index (χ1v) is 6.83. The SMILES string of the molecule is OC12CCCCC1SCCCS2. The first kappa shape index (κ1) is 9.22. The maximum atomic E-state index is 10.3. The topological polar surface area (TPSA) is 20.2 Å². The average molecular weight is 204 g/mol. The van der Waals surface area contributed by atoms with E-state index in [0.717, 1.165) is 12.2 Å². The van der Waals surface area contributed by atoms with Gasteiger partial charge >= 0.3 is 0 Å². The van der Waals surface area contributed by atoms with Crippen molar-refractivity contribution in [2.24, 2.45) is 0 Å². The predicted octanol–water partition coefficient (Wildman–Crippen LogP) is 2.49. The summed E-state index contributed by atoms with van der Waals surface area (Å²) in [6.07, 6.45) is 6.07. The summed E-state index contributed by atoms with van der Waals surface area (Å²) in [6, 6.07) is 0. The van der Waals surface area contributed by atoms with E-state index in [4.69, 9.17) is 0 Å². The van der Waals surface area contributed by atoms with Crippen molar-refractivity contribution in [1.29, 1.82) is 0 Å². The molecule has 1 nitrogen and oxygen atoms in total. The van der Waals surface area contributed by atoms with E-state index in [9.17, 15) is 5.11 Å². The summed E-state index contributed by atoms with van der Waals surface area (Å²) in [4.78, 5) is -0.362. The van der Waals surface area contributed by atoms with Gasteiger partial charge in [0.15, 0.2) is 0 Å². The van der Waals surface area contributed by atoms with Gasteiger partial charge in [-0.3, -0.25) is 0 Å². The highest BCUT2D eigenvalue weighted by molar-refractivity contribution is 8.04. The molecule has 70 valence electrons. The Morgan fingerprint density at radius 2 is 2.08 bits per heavy atom. The highest BCUT2D eigenvalue weighted by atomic mass is 32.2. The molecule has 1 N–H and O–H groups in total. The van der Waals surface area contributed by atoms with Crippen molar-refractivity contribution in [3.63, 3.8) is 0 Å². The van der Waals surface area contributed by atoms with Crippen LogP contribution in [0.4, 0.5) is 0 Å². The van der Waals surface area contributed by atoms with E-state index in [-0.39, 0.29) is 4.93 Å². The van der Waals surface area contributed by atoms with Crippen molar-refractivity contribution in [3.8, 4) is 0 Å². The van der Waals surface area contributed by atoms with E-state index in [0.29, 0.717) is 5.25 Å². The average Bonchev–Trinajstić information content (AvgIpc) is 2.25. The minimum Gasteiger partial charge on any atom is -0.378 e. The second-order valence-corrected chi connectivity index (χ2v) is 6.37. The third-order valence-corrected chi connectivity index (χ3v) is 5.90. The molecule has 0 bridgehead atoms. The van der Waals surface area contributed by atoms with E-state index >= 15 is 0 Å². The summed E-state index contributed by atoms with van der Waals surface area (Å²) in [5.41, 5.74) is 0. The van der Waals surface area contributed by atoms with Gasteiger partial charge in [0.1, 0.15) is 4.93 Å². The van der Waals surface area contributed by atoms with Crippen molar-refractivity contribution >= 4 is 23.5 Å². The lowest BCUT2D eigenvalue weighted by Crippen LogP contribution is -2.39. The molecular weight excluding hydrogens is 188 g/mol. The lowest BCUT2D eigenvalue weighted by Gasteiger charge is -2.37. The van der Waals surface area contributed by atoms with Gasteiger partial charge in [-0.15, -0.1) is 11.8 Å². The molecule has 1 aliphatic carbocycles. The molecule has 2 rings (SSSR count). The molecule has 0 aromatic carbocycles. The minimum atomic E-state index is -0.362. The van der Waals surface area contributed by atoms with Crippen LogP contribution < -0.4 is 0 Å². The Balaban J connectivity index is 2.07. The Morgan fingerprint density at radius 3 is 3.00 bits per heavy atom. The van der Waals surface area contributed by atoms with Crippen LogP contribution in [-0.4, -0.2) is 26.8 Å². The molecule has 12 heavy (non-hydrogen) atoms. The molecular formula is C9H16OS2. The zero-order valence-electron chi connectivity index (χ0n) is 7.29.